The Morgan fingerprint density at radius 3 is 2.00 bits per heavy atom. The molecule has 5 atom stereocenters. The summed E-state index contributed by atoms with van der Waals surface area (Å²) in [5.41, 5.74) is 0. The molecule has 0 bridgehead atoms. The van der Waals surface area contributed by atoms with E-state index in [1.165, 1.54) is 0 Å². The van der Waals surface area contributed by atoms with Crippen molar-refractivity contribution in [1.82, 2.24) is 0 Å². The van der Waals surface area contributed by atoms with Gasteiger partial charge in [-0.1, -0.05) is 0 Å². The molecule has 96 valence electrons. The van der Waals surface area contributed by atoms with Gasteiger partial charge < -0.3 is 44.0 Å². The third-order valence-electron chi connectivity index (χ3n) is 2.08. The summed E-state index contributed by atoms with van der Waals surface area (Å²) in [6.07, 6.45) is -8.35. The first-order chi connectivity index (χ1) is 7.22. The number of phosphoric acid groups is 1. The van der Waals surface area contributed by atoms with Crippen LogP contribution >= 0.6 is 7.82 Å². The molecule has 1 rings (SSSR count). The Labute approximate surface area is 147 Å². The molecule has 1 fully saturated rings. The predicted molar refractivity (Wildman–Crippen MR) is 42.5 cm³/mol. The van der Waals surface area contributed by atoms with Gasteiger partial charge in [-0.3, -0.25) is 0 Å². The van der Waals surface area contributed by atoms with Gasteiger partial charge in [0.2, 0.25) is 0 Å². The monoisotopic (exact) mass is 304 g/mol. The van der Waals surface area contributed by atoms with Crippen LogP contribution in [0.5, 0.6) is 0 Å². The van der Waals surface area contributed by atoms with Crippen molar-refractivity contribution in [2.45, 2.75) is 30.7 Å². The molecule has 0 spiro atoms. The summed E-state index contributed by atoms with van der Waals surface area (Å²) in [5, 5.41) is 36.6. The fourth-order valence-corrected chi connectivity index (χ4v) is 1.56. The van der Waals surface area contributed by atoms with Crippen molar-refractivity contribution >= 4 is 7.82 Å². The van der Waals surface area contributed by atoms with Gasteiger partial charge in [0.25, 0.3) is 0 Å². The van der Waals surface area contributed by atoms with Gasteiger partial charge in [0.05, 0.1) is 14.4 Å². The van der Waals surface area contributed by atoms with Crippen LogP contribution in [-0.2, 0) is 13.8 Å². The van der Waals surface area contributed by atoms with E-state index in [-0.39, 0.29) is 59.1 Å². The van der Waals surface area contributed by atoms with E-state index in [0.29, 0.717) is 0 Å². The quantitative estimate of drug-likeness (QED) is 0.293. The van der Waals surface area contributed by atoms with E-state index in [0.717, 1.165) is 0 Å². The Bertz CT molecular complexity index is 286. The molecule has 0 aromatic carbocycles. The fraction of sp³-hybridized carbons (Fsp3) is 1.00. The maximum atomic E-state index is 10.1. The van der Waals surface area contributed by atoms with Crippen LogP contribution in [0.25, 0.3) is 0 Å². The largest absolute Gasteiger partial charge is 1.00 e. The van der Waals surface area contributed by atoms with Gasteiger partial charge in [0.1, 0.15) is 24.4 Å². The molecule has 18 heavy (non-hydrogen) atoms. The Balaban J connectivity index is 0. The molecule has 1 aliphatic rings. The molecule has 0 amide bonds. The summed E-state index contributed by atoms with van der Waals surface area (Å²) in [5.74, 6) is 0. The second-order valence-corrected chi connectivity index (χ2v) is 4.43. The number of hydrogen-bond donors (Lipinski definition) is 4. The molecule has 9 nitrogen and oxygen atoms in total. The topological polar surface area (TPSA) is 163 Å². The summed E-state index contributed by atoms with van der Waals surface area (Å²) in [4.78, 5) is 20.3. The zero-order valence-corrected chi connectivity index (χ0v) is 14.8. The molecule has 12 heteroatoms. The Morgan fingerprint density at radius 2 is 1.56 bits per heavy atom. The van der Waals surface area contributed by atoms with Crippen LogP contribution in [0.1, 0.15) is 0 Å². The average molecular weight is 304 g/mol. The summed E-state index contributed by atoms with van der Waals surface area (Å²) in [6, 6.07) is 0. The van der Waals surface area contributed by atoms with Gasteiger partial charge in [-0.25, -0.2) is 0 Å². The second kappa shape index (κ2) is 9.04. The van der Waals surface area contributed by atoms with E-state index in [1.807, 2.05) is 0 Å². The molecule has 1 aliphatic heterocycles. The third kappa shape index (κ3) is 6.57. The number of ether oxygens (including phenoxy) is 1. The Kier molecular flexibility index (Phi) is 11.1. The van der Waals surface area contributed by atoms with E-state index in [2.05, 4.69) is 9.26 Å². The van der Waals surface area contributed by atoms with Gasteiger partial charge in [-0.15, -0.1) is 0 Å². The summed E-state index contributed by atoms with van der Waals surface area (Å²) in [7, 11) is -5.23. The minimum atomic E-state index is -5.23. The van der Waals surface area contributed by atoms with Crippen LogP contribution < -0.4 is 68.9 Å². The molecular weight excluding hydrogens is 293 g/mol. The summed E-state index contributed by atoms with van der Waals surface area (Å²) < 4.78 is 18.5. The second-order valence-electron chi connectivity index (χ2n) is 3.28. The van der Waals surface area contributed by atoms with Crippen LogP contribution in [0.3, 0.4) is 0 Å². The average Bonchev–Trinajstić information content (AvgIpc) is 2.17. The van der Waals surface area contributed by atoms with E-state index in [1.54, 1.807) is 0 Å². The van der Waals surface area contributed by atoms with E-state index < -0.39 is 45.1 Å². The SMILES string of the molecule is O=P([O-])([O-])OC[C@H]1OC(O)[C@@H](O)[C@@H](O)[C@@H]1O.[Na+].[Na+]. The van der Waals surface area contributed by atoms with Crippen LogP contribution in [0, 0.1) is 0 Å². The van der Waals surface area contributed by atoms with Gasteiger partial charge in [-0.2, -0.15) is 0 Å². The molecule has 0 saturated carbocycles. The van der Waals surface area contributed by atoms with Crippen LogP contribution in [0.4, 0.5) is 0 Å². The zero-order chi connectivity index (χ0) is 12.5. The van der Waals surface area contributed by atoms with Gasteiger partial charge in [-0.05, 0) is 0 Å². The first-order valence-corrected chi connectivity index (χ1v) is 5.73. The van der Waals surface area contributed by atoms with Gasteiger partial charge >= 0.3 is 59.1 Å². The van der Waals surface area contributed by atoms with Crippen molar-refractivity contribution in [3.63, 3.8) is 0 Å². The van der Waals surface area contributed by atoms with Crippen LogP contribution in [0.15, 0.2) is 0 Å². The van der Waals surface area contributed by atoms with Gasteiger partial charge in [0, 0.05) is 0 Å². The van der Waals surface area contributed by atoms with Crippen LogP contribution in [-0.4, -0.2) is 57.7 Å². The molecule has 0 radical (unpaired) electrons. The van der Waals surface area contributed by atoms with Crippen molar-refractivity contribution in [2.24, 2.45) is 0 Å². The summed E-state index contributed by atoms with van der Waals surface area (Å²) >= 11 is 0. The number of aliphatic hydroxyl groups excluding tert-OH is 4. The van der Waals surface area contributed by atoms with E-state index >= 15 is 0 Å². The first kappa shape index (κ1) is 22.2. The molecule has 4 N–H and O–H groups in total. The van der Waals surface area contributed by atoms with Crippen molar-refractivity contribution < 1.29 is 103 Å². The van der Waals surface area contributed by atoms with E-state index in [9.17, 15) is 24.6 Å². The number of rotatable bonds is 3. The minimum Gasteiger partial charge on any atom is -0.790 e. The zero-order valence-electron chi connectivity index (χ0n) is 9.87. The molecule has 1 saturated heterocycles. The standard InChI is InChI=1S/C6H13O9P.2Na/c7-3-2(1-14-16(11,12)13)15-6(10)5(9)4(3)8;;/h2-10H,1H2,(H2,11,12,13);;/q;2*+1/p-2/t2-,3-,4+,5+,6?;;/m1../s1. The molecule has 0 aliphatic carbocycles. The number of phosphoric ester groups is 1. The Morgan fingerprint density at radius 1 is 1.06 bits per heavy atom. The number of aliphatic hydroxyl groups is 4. The maximum Gasteiger partial charge on any atom is 1.00 e. The molecule has 1 heterocycles. The van der Waals surface area contributed by atoms with E-state index in [4.69, 9.17) is 10.2 Å². The molecule has 0 aromatic rings. The first-order valence-electron chi connectivity index (χ1n) is 4.26. The van der Waals surface area contributed by atoms with Crippen molar-refractivity contribution in [2.75, 3.05) is 6.61 Å². The molecular formula is C6H11Na2O9P. The van der Waals surface area contributed by atoms with Crippen molar-refractivity contribution in [3.05, 3.63) is 0 Å². The maximum absolute atomic E-state index is 10.1. The van der Waals surface area contributed by atoms with Crippen molar-refractivity contribution in [1.29, 1.82) is 0 Å². The summed E-state index contributed by atoms with van der Waals surface area (Å²) in [6.45, 7) is -0.855. The normalized spacial score (nSPS) is 36.4. The molecule has 1 unspecified atom stereocenters. The Hall–Kier alpha value is 1.91. The predicted octanol–water partition coefficient (Wildman–Crippen LogP) is -10.4. The van der Waals surface area contributed by atoms with Gasteiger partial charge in [0.15, 0.2) is 6.29 Å². The number of hydrogen-bond acceptors (Lipinski definition) is 9. The smallest absolute Gasteiger partial charge is 0.790 e. The molecule has 0 aromatic heterocycles. The van der Waals surface area contributed by atoms with Crippen LogP contribution in [0.2, 0.25) is 0 Å². The minimum absolute atomic E-state index is 0. The van der Waals surface area contributed by atoms with Crippen molar-refractivity contribution in [3.8, 4) is 0 Å². The third-order valence-corrected chi connectivity index (χ3v) is 2.55. The fourth-order valence-electron chi connectivity index (χ4n) is 1.23.